The molecule has 132 valence electrons. The maximum absolute atomic E-state index is 12.7. The molecule has 1 saturated heterocycles. The molecule has 0 aromatic heterocycles. The summed E-state index contributed by atoms with van der Waals surface area (Å²) in [6.45, 7) is 7.36. The van der Waals surface area contributed by atoms with Crippen molar-refractivity contribution in [2.75, 3.05) is 17.6 Å². The van der Waals surface area contributed by atoms with Crippen LogP contribution in [0.1, 0.15) is 37.3 Å². The minimum atomic E-state index is -0.0860. The molecule has 1 N–H and O–H groups in total. The lowest BCUT2D eigenvalue weighted by Crippen LogP contribution is -2.34. The number of urea groups is 1. The lowest BCUT2D eigenvalue weighted by molar-refractivity contribution is 0.214. The van der Waals surface area contributed by atoms with Gasteiger partial charge in [-0.25, -0.2) is 4.79 Å². The van der Waals surface area contributed by atoms with E-state index in [-0.39, 0.29) is 16.8 Å². The number of rotatable bonds is 2. The standard InChI is InChI=1S/C20H23ClN2OS/c1-20(2,3)15-9-7-14(8-10-15)18-23(11-12-25-18)19(24)22-17-6-4-5-16(21)13-17/h4-10,13,18H,11-12H2,1-3H3,(H,22,24)/t18-/m0/s1. The van der Waals surface area contributed by atoms with Gasteiger partial charge in [0.25, 0.3) is 0 Å². The molecule has 1 aliphatic heterocycles. The van der Waals surface area contributed by atoms with Crippen LogP contribution in [0, 0.1) is 0 Å². The number of anilines is 1. The molecule has 3 rings (SSSR count). The van der Waals surface area contributed by atoms with E-state index in [9.17, 15) is 4.79 Å². The maximum atomic E-state index is 12.7. The van der Waals surface area contributed by atoms with Gasteiger partial charge in [0, 0.05) is 23.0 Å². The average molecular weight is 375 g/mol. The Kier molecular flexibility index (Phi) is 5.30. The van der Waals surface area contributed by atoms with Crippen molar-refractivity contribution < 1.29 is 4.79 Å². The molecule has 0 spiro atoms. The van der Waals surface area contributed by atoms with Crippen LogP contribution < -0.4 is 5.32 Å². The van der Waals surface area contributed by atoms with Crippen LogP contribution in [0.15, 0.2) is 48.5 Å². The monoisotopic (exact) mass is 374 g/mol. The van der Waals surface area contributed by atoms with Crippen molar-refractivity contribution >= 4 is 35.1 Å². The largest absolute Gasteiger partial charge is 0.323 e. The number of hydrogen-bond acceptors (Lipinski definition) is 2. The van der Waals surface area contributed by atoms with E-state index in [1.165, 1.54) is 5.56 Å². The maximum Gasteiger partial charge on any atom is 0.323 e. The highest BCUT2D eigenvalue weighted by atomic mass is 35.5. The smallest absolute Gasteiger partial charge is 0.308 e. The fourth-order valence-electron chi connectivity index (χ4n) is 2.86. The van der Waals surface area contributed by atoms with Crippen LogP contribution >= 0.6 is 23.4 Å². The van der Waals surface area contributed by atoms with Gasteiger partial charge >= 0.3 is 6.03 Å². The van der Waals surface area contributed by atoms with E-state index in [0.717, 1.165) is 23.5 Å². The number of benzene rings is 2. The molecule has 2 amide bonds. The summed E-state index contributed by atoms with van der Waals surface area (Å²) in [5.41, 5.74) is 3.31. The van der Waals surface area contributed by atoms with Crippen LogP contribution in [0.25, 0.3) is 0 Å². The topological polar surface area (TPSA) is 32.3 Å². The zero-order valence-corrected chi connectivity index (χ0v) is 16.3. The molecule has 0 radical (unpaired) electrons. The minimum absolute atomic E-state index is 0.0493. The van der Waals surface area contributed by atoms with Gasteiger partial charge in [0.05, 0.1) is 0 Å². The second-order valence-electron chi connectivity index (χ2n) is 7.23. The van der Waals surface area contributed by atoms with Gasteiger partial charge in [-0.3, -0.25) is 0 Å². The summed E-state index contributed by atoms with van der Waals surface area (Å²) in [6, 6.07) is 15.8. The Morgan fingerprint density at radius 3 is 2.56 bits per heavy atom. The third-order valence-electron chi connectivity index (χ3n) is 4.29. The van der Waals surface area contributed by atoms with E-state index in [1.54, 1.807) is 23.9 Å². The highest BCUT2D eigenvalue weighted by molar-refractivity contribution is 7.99. The number of nitrogens with zero attached hydrogens (tertiary/aromatic N) is 1. The SMILES string of the molecule is CC(C)(C)c1ccc([C@@H]2SCCN2C(=O)Nc2cccc(Cl)c2)cc1. The molecule has 3 nitrogen and oxygen atoms in total. The van der Waals surface area contributed by atoms with E-state index in [0.29, 0.717) is 5.02 Å². The molecule has 1 fully saturated rings. The third kappa shape index (κ3) is 4.31. The molecule has 2 aromatic rings. The molecule has 0 saturated carbocycles. The predicted molar refractivity (Wildman–Crippen MR) is 108 cm³/mol. The first-order valence-corrected chi connectivity index (χ1v) is 9.82. The summed E-state index contributed by atoms with van der Waals surface area (Å²) >= 11 is 7.79. The van der Waals surface area contributed by atoms with Gasteiger partial charge < -0.3 is 10.2 Å². The van der Waals surface area contributed by atoms with Crippen LogP contribution in [0.5, 0.6) is 0 Å². The Labute approximate surface area is 158 Å². The van der Waals surface area contributed by atoms with Gasteiger partial charge in [0.2, 0.25) is 0 Å². The Balaban J connectivity index is 1.74. The molecule has 5 heteroatoms. The highest BCUT2D eigenvalue weighted by Crippen LogP contribution is 2.39. The molecule has 1 aliphatic rings. The summed E-state index contributed by atoms with van der Waals surface area (Å²) in [6.07, 6.45) is 0. The average Bonchev–Trinajstić information content (AvgIpc) is 3.04. The molecule has 2 aromatic carbocycles. The summed E-state index contributed by atoms with van der Waals surface area (Å²) in [4.78, 5) is 14.6. The van der Waals surface area contributed by atoms with Crippen LogP contribution in [0.4, 0.5) is 10.5 Å². The van der Waals surface area contributed by atoms with Crippen LogP contribution in [0.3, 0.4) is 0 Å². The summed E-state index contributed by atoms with van der Waals surface area (Å²) < 4.78 is 0. The third-order valence-corrected chi connectivity index (χ3v) is 5.79. The summed E-state index contributed by atoms with van der Waals surface area (Å²) in [5, 5.41) is 3.61. The van der Waals surface area contributed by atoms with Crippen molar-refractivity contribution in [3.8, 4) is 0 Å². The van der Waals surface area contributed by atoms with Crippen LogP contribution in [-0.4, -0.2) is 23.2 Å². The number of amides is 2. The van der Waals surface area contributed by atoms with Crippen molar-refractivity contribution in [1.29, 1.82) is 0 Å². The Morgan fingerprint density at radius 1 is 1.20 bits per heavy atom. The molecule has 25 heavy (non-hydrogen) atoms. The Hall–Kier alpha value is -1.65. The Bertz CT molecular complexity index is 755. The number of halogens is 1. The second-order valence-corrected chi connectivity index (χ2v) is 8.85. The van der Waals surface area contributed by atoms with Gasteiger partial charge in [-0.2, -0.15) is 0 Å². The minimum Gasteiger partial charge on any atom is -0.308 e. The number of carbonyl (C=O) groups excluding carboxylic acids is 1. The van der Waals surface area contributed by atoms with Gasteiger partial charge in [0.15, 0.2) is 0 Å². The van der Waals surface area contributed by atoms with E-state index >= 15 is 0 Å². The van der Waals surface area contributed by atoms with E-state index in [4.69, 9.17) is 11.6 Å². The summed E-state index contributed by atoms with van der Waals surface area (Å²) in [7, 11) is 0. The van der Waals surface area contributed by atoms with Crippen molar-refractivity contribution in [2.24, 2.45) is 0 Å². The second kappa shape index (κ2) is 7.30. The van der Waals surface area contributed by atoms with Crippen molar-refractivity contribution in [3.63, 3.8) is 0 Å². The fourth-order valence-corrected chi connectivity index (χ4v) is 4.31. The zero-order chi connectivity index (χ0) is 18.0. The quantitative estimate of drug-likeness (QED) is 0.707. The molecule has 0 aliphatic carbocycles. The lowest BCUT2D eigenvalue weighted by atomic mass is 9.87. The molecular formula is C20H23ClN2OS. The van der Waals surface area contributed by atoms with Crippen LogP contribution in [0.2, 0.25) is 5.02 Å². The molecule has 0 unspecified atom stereocenters. The van der Waals surface area contributed by atoms with Crippen LogP contribution in [-0.2, 0) is 5.41 Å². The van der Waals surface area contributed by atoms with Crippen molar-refractivity contribution in [3.05, 3.63) is 64.7 Å². The highest BCUT2D eigenvalue weighted by Gasteiger charge is 2.31. The van der Waals surface area contributed by atoms with Gasteiger partial charge in [-0.05, 0) is 34.7 Å². The molecular weight excluding hydrogens is 352 g/mol. The fraction of sp³-hybridized carbons (Fsp3) is 0.350. The molecule has 1 heterocycles. The van der Waals surface area contributed by atoms with Crippen molar-refractivity contribution in [2.45, 2.75) is 31.6 Å². The Morgan fingerprint density at radius 2 is 1.92 bits per heavy atom. The molecule has 1 atom stereocenters. The zero-order valence-electron chi connectivity index (χ0n) is 14.8. The van der Waals surface area contributed by atoms with Gasteiger partial charge in [-0.15, -0.1) is 11.8 Å². The first kappa shape index (κ1) is 18.2. The first-order valence-electron chi connectivity index (χ1n) is 8.40. The number of hydrogen-bond donors (Lipinski definition) is 1. The van der Waals surface area contributed by atoms with E-state index in [1.807, 2.05) is 17.0 Å². The van der Waals surface area contributed by atoms with Gasteiger partial charge in [0.1, 0.15) is 5.37 Å². The number of carbonyl (C=O) groups is 1. The van der Waals surface area contributed by atoms with E-state index < -0.39 is 0 Å². The number of thioether (sulfide) groups is 1. The molecule has 0 bridgehead atoms. The lowest BCUT2D eigenvalue weighted by Gasteiger charge is -2.25. The first-order chi connectivity index (χ1) is 11.8. The summed E-state index contributed by atoms with van der Waals surface area (Å²) in [5.74, 6) is 0.939. The normalized spacial score (nSPS) is 17.6. The van der Waals surface area contributed by atoms with Gasteiger partial charge in [-0.1, -0.05) is 62.7 Å². The predicted octanol–water partition coefficient (Wildman–Crippen LogP) is 5.92. The number of nitrogens with one attached hydrogen (secondary N) is 1. The van der Waals surface area contributed by atoms with Crippen molar-refractivity contribution in [1.82, 2.24) is 4.90 Å². The van der Waals surface area contributed by atoms with E-state index in [2.05, 4.69) is 50.4 Å².